The molecule has 4 nitrogen and oxygen atoms in total. The topological polar surface area (TPSA) is 48.4 Å². The van der Waals surface area contributed by atoms with Crippen LogP contribution in [0.4, 0.5) is 8.78 Å². The first kappa shape index (κ1) is 16.3. The third-order valence-corrected chi connectivity index (χ3v) is 2.43. The van der Waals surface area contributed by atoms with Gasteiger partial charge in [0.25, 0.3) is 5.92 Å². The summed E-state index contributed by atoms with van der Waals surface area (Å²) in [4.78, 5) is 15.2. The fourth-order valence-electron chi connectivity index (χ4n) is 1.54. The molecule has 0 atom stereocenters. The van der Waals surface area contributed by atoms with E-state index in [0.29, 0.717) is 0 Å². The van der Waals surface area contributed by atoms with Crippen LogP contribution >= 0.6 is 0 Å². The van der Waals surface area contributed by atoms with E-state index in [0.717, 1.165) is 6.07 Å². The molecular formula is C14H19F2NO3. The van der Waals surface area contributed by atoms with Gasteiger partial charge in [0.2, 0.25) is 5.88 Å². The van der Waals surface area contributed by atoms with E-state index in [1.54, 1.807) is 20.8 Å². The van der Waals surface area contributed by atoms with Crippen molar-refractivity contribution in [1.29, 1.82) is 0 Å². The van der Waals surface area contributed by atoms with Crippen LogP contribution in [-0.2, 0) is 15.5 Å². The lowest BCUT2D eigenvalue weighted by Crippen LogP contribution is -2.25. The van der Waals surface area contributed by atoms with E-state index in [4.69, 9.17) is 9.47 Å². The summed E-state index contributed by atoms with van der Waals surface area (Å²) >= 11 is 0. The number of carbonyl (C=O) groups is 1. The summed E-state index contributed by atoms with van der Waals surface area (Å²) in [5.74, 6) is -3.66. The minimum Gasteiger partial charge on any atom is -0.481 e. The third kappa shape index (κ3) is 5.11. The fourth-order valence-corrected chi connectivity index (χ4v) is 1.54. The molecule has 0 aliphatic carbocycles. The minimum atomic E-state index is -3.13. The first-order valence-electron chi connectivity index (χ1n) is 6.24. The monoisotopic (exact) mass is 287 g/mol. The molecule has 0 saturated heterocycles. The maximum atomic E-state index is 14.0. The van der Waals surface area contributed by atoms with Gasteiger partial charge in [-0.05, 0) is 26.8 Å². The normalized spacial score (nSPS) is 12.1. The molecule has 0 spiro atoms. The van der Waals surface area contributed by atoms with Crippen LogP contribution in [0.3, 0.4) is 0 Å². The average molecular weight is 287 g/mol. The van der Waals surface area contributed by atoms with Crippen LogP contribution in [0.25, 0.3) is 0 Å². The molecule has 0 aromatic carbocycles. The highest BCUT2D eigenvalue weighted by Crippen LogP contribution is 2.34. The molecule has 0 N–H and O–H groups in total. The Morgan fingerprint density at radius 3 is 2.55 bits per heavy atom. The van der Waals surface area contributed by atoms with Gasteiger partial charge in [0.1, 0.15) is 5.60 Å². The van der Waals surface area contributed by atoms with Gasteiger partial charge in [0.05, 0.1) is 13.5 Å². The smallest absolute Gasteiger partial charge is 0.306 e. The maximum absolute atomic E-state index is 14.0. The van der Waals surface area contributed by atoms with Crippen LogP contribution in [0.5, 0.6) is 5.88 Å². The Bertz CT molecular complexity index is 470. The zero-order valence-corrected chi connectivity index (χ0v) is 12.1. The molecular weight excluding hydrogens is 268 g/mol. The minimum absolute atomic E-state index is 0.111. The third-order valence-electron chi connectivity index (χ3n) is 2.43. The number of aromatic nitrogens is 1. The molecule has 6 heteroatoms. The number of alkyl halides is 2. The highest BCUT2D eigenvalue weighted by Gasteiger charge is 2.33. The van der Waals surface area contributed by atoms with E-state index in [2.05, 4.69) is 4.98 Å². The average Bonchev–Trinajstić information content (AvgIpc) is 2.35. The number of hydrogen-bond acceptors (Lipinski definition) is 4. The Balaban J connectivity index is 2.67. The predicted molar refractivity (Wildman–Crippen MR) is 69.8 cm³/mol. The number of hydrogen-bond donors (Lipinski definition) is 0. The number of esters is 1. The SMILES string of the molecule is COc1cc(C(F)(F)CCC(=O)OC(C)(C)C)ccn1. The van der Waals surface area contributed by atoms with Gasteiger partial charge in [-0.1, -0.05) is 0 Å². The second kappa shape index (κ2) is 6.15. The van der Waals surface area contributed by atoms with Crippen molar-refractivity contribution in [2.24, 2.45) is 0 Å². The molecule has 0 unspecified atom stereocenters. The largest absolute Gasteiger partial charge is 0.481 e. The van der Waals surface area contributed by atoms with E-state index in [9.17, 15) is 13.6 Å². The maximum Gasteiger partial charge on any atom is 0.306 e. The molecule has 0 fully saturated rings. The molecule has 112 valence electrons. The van der Waals surface area contributed by atoms with Gasteiger partial charge in [-0.2, -0.15) is 0 Å². The van der Waals surface area contributed by atoms with Gasteiger partial charge in [-0.15, -0.1) is 0 Å². The Kier molecular flexibility index (Phi) is 5.03. The Morgan fingerprint density at radius 1 is 1.35 bits per heavy atom. The Morgan fingerprint density at radius 2 is 2.00 bits per heavy atom. The highest BCUT2D eigenvalue weighted by atomic mass is 19.3. The van der Waals surface area contributed by atoms with Crippen molar-refractivity contribution in [3.8, 4) is 5.88 Å². The Hall–Kier alpha value is -1.72. The lowest BCUT2D eigenvalue weighted by atomic mass is 10.0. The van der Waals surface area contributed by atoms with E-state index >= 15 is 0 Å². The highest BCUT2D eigenvalue weighted by molar-refractivity contribution is 5.69. The van der Waals surface area contributed by atoms with Crippen LogP contribution in [0.2, 0.25) is 0 Å². The zero-order chi connectivity index (χ0) is 15.4. The molecule has 0 aliphatic heterocycles. The lowest BCUT2D eigenvalue weighted by Gasteiger charge is -2.21. The molecule has 20 heavy (non-hydrogen) atoms. The van der Waals surface area contributed by atoms with Gasteiger partial charge in [0.15, 0.2) is 0 Å². The van der Waals surface area contributed by atoms with Crippen molar-refractivity contribution in [2.75, 3.05) is 7.11 Å². The summed E-state index contributed by atoms with van der Waals surface area (Å²) in [6.07, 6.45) is 0.277. The van der Waals surface area contributed by atoms with Crippen LogP contribution in [0, 0.1) is 0 Å². The summed E-state index contributed by atoms with van der Waals surface area (Å²) in [6.45, 7) is 5.07. The second-order valence-electron chi connectivity index (χ2n) is 5.38. The summed E-state index contributed by atoms with van der Waals surface area (Å²) < 4.78 is 37.8. The molecule has 1 aromatic rings. The number of ether oxygens (including phenoxy) is 2. The fraction of sp³-hybridized carbons (Fsp3) is 0.571. The van der Waals surface area contributed by atoms with Crippen molar-refractivity contribution in [3.63, 3.8) is 0 Å². The summed E-state index contributed by atoms with van der Waals surface area (Å²) in [5, 5.41) is 0. The van der Waals surface area contributed by atoms with E-state index in [-0.39, 0.29) is 17.9 Å². The number of rotatable bonds is 5. The number of pyridine rings is 1. The molecule has 0 amide bonds. The van der Waals surface area contributed by atoms with Crippen molar-refractivity contribution >= 4 is 5.97 Å². The Labute approximate surface area is 117 Å². The summed E-state index contributed by atoms with van der Waals surface area (Å²) in [6, 6.07) is 2.37. The van der Waals surface area contributed by atoms with E-state index in [1.807, 2.05) is 0 Å². The van der Waals surface area contributed by atoms with Crippen LogP contribution in [0.15, 0.2) is 18.3 Å². The van der Waals surface area contributed by atoms with Crippen molar-refractivity contribution < 1.29 is 23.0 Å². The van der Waals surface area contributed by atoms with E-state index in [1.165, 1.54) is 19.4 Å². The first-order chi connectivity index (χ1) is 9.14. The zero-order valence-electron chi connectivity index (χ0n) is 12.1. The molecule has 0 aliphatic rings. The van der Waals surface area contributed by atoms with Crippen molar-refractivity contribution in [1.82, 2.24) is 4.98 Å². The van der Waals surface area contributed by atoms with Gasteiger partial charge in [0, 0.05) is 24.2 Å². The number of halogens is 2. The molecule has 0 saturated carbocycles. The van der Waals surface area contributed by atoms with Crippen molar-refractivity contribution in [3.05, 3.63) is 23.9 Å². The van der Waals surface area contributed by atoms with Crippen LogP contribution in [0.1, 0.15) is 39.2 Å². The van der Waals surface area contributed by atoms with E-state index < -0.39 is 23.9 Å². The molecule has 0 radical (unpaired) electrons. The number of carbonyl (C=O) groups excluding carboxylic acids is 1. The molecule has 1 aromatic heterocycles. The van der Waals surface area contributed by atoms with Crippen molar-refractivity contribution in [2.45, 2.75) is 45.1 Å². The standard InChI is InChI=1S/C14H19F2NO3/c1-13(2,3)20-12(18)5-7-14(15,16)10-6-8-17-11(9-10)19-4/h6,8-9H,5,7H2,1-4H3. The first-order valence-corrected chi connectivity index (χ1v) is 6.24. The van der Waals surface area contributed by atoms with Gasteiger partial charge in [-0.3, -0.25) is 4.79 Å². The molecule has 1 heterocycles. The molecule has 0 bridgehead atoms. The number of nitrogens with zero attached hydrogens (tertiary/aromatic N) is 1. The lowest BCUT2D eigenvalue weighted by molar-refractivity contribution is -0.157. The van der Waals surface area contributed by atoms with Crippen LogP contribution < -0.4 is 4.74 Å². The molecule has 1 rings (SSSR count). The second-order valence-corrected chi connectivity index (χ2v) is 5.38. The van der Waals surface area contributed by atoms with Gasteiger partial charge >= 0.3 is 5.97 Å². The van der Waals surface area contributed by atoms with Gasteiger partial charge < -0.3 is 9.47 Å². The summed E-state index contributed by atoms with van der Waals surface area (Å²) in [7, 11) is 1.35. The summed E-state index contributed by atoms with van der Waals surface area (Å²) in [5.41, 5.74) is -0.903. The van der Waals surface area contributed by atoms with Gasteiger partial charge in [-0.25, -0.2) is 13.8 Å². The predicted octanol–water partition coefficient (Wildman–Crippen LogP) is 3.30. The quantitative estimate of drug-likeness (QED) is 0.780. The van der Waals surface area contributed by atoms with Crippen LogP contribution in [-0.4, -0.2) is 23.7 Å². The number of methoxy groups -OCH3 is 1.